The molecule has 8 heteroatoms. The van der Waals surface area contributed by atoms with Crippen molar-refractivity contribution in [1.82, 2.24) is 9.97 Å². The Morgan fingerprint density at radius 1 is 1.12 bits per heavy atom. The maximum absolute atomic E-state index is 11.5. The molecule has 1 atom stereocenters. The molecule has 128 valence electrons. The molecule has 0 aliphatic carbocycles. The van der Waals surface area contributed by atoms with E-state index < -0.39 is 11.1 Å². The summed E-state index contributed by atoms with van der Waals surface area (Å²) >= 11 is 1.59. The van der Waals surface area contributed by atoms with Gasteiger partial charge in [0.15, 0.2) is 0 Å². The third-order valence-electron chi connectivity index (χ3n) is 3.29. The van der Waals surface area contributed by atoms with Gasteiger partial charge >= 0.3 is 17.1 Å². The van der Waals surface area contributed by atoms with Crippen molar-refractivity contribution < 1.29 is 13.5 Å². The fourth-order valence-corrected chi connectivity index (χ4v) is 2.96. The third-order valence-corrected chi connectivity index (χ3v) is 4.61. The number of benzene rings is 2. The number of ether oxygens (including phenoxy) is 1. The Balaban J connectivity index is 1.70. The van der Waals surface area contributed by atoms with Crippen LogP contribution < -0.4 is 10.1 Å². The average molecular weight is 421 g/mol. The van der Waals surface area contributed by atoms with Crippen molar-refractivity contribution in [2.24, 2.45) is 0 Å². The molecule has 1 aromatic heterocycles. The van der Waals surface area contributed by atoms with Gasteiger partial charge in [-0.05, 0) is 42.0 Å². The summed E-state index contributed by atoms with van der Waals surface area (Å²) < 4.78 is 25.5. The summed E-state index contributed by atoms with van der Waals surface area (Å²) in [5, 5.41) is 3.14. The van der Waals surface area contributed by atoms with Crippen LogP contribution in [-0.4, -0.2) is 18.7 Å². The smallest absolute Gasteiger partial charge is 0.336 e. The lowest BCUT2D eigenvalue weighted by atomic mass is 10.2. The highest BCUT2D eigenvalue weighted by Gasteiger charge is 2.11. The molecule has 1 heterocycles. The summed E-state index contributed by atoms with van der Waals surface area (Å²) in [6.07, 6.45) is 1.60. The molecule has 0 radical (unpaired) electrons. The summed E-state index contributed by atoms with van der Waals surface area (Å²) in [6, 6.07) is 16.4. The van der Waals surface area contributed by atoms with E-state index in [0.29, 0.717) is 23.0 Å². The highest BCUT2D eigenvalue weighted by Crippen LogP contribution is 2.21. The Morgan fingerprint density at radius 2 is 1.88 bits per heavy atom. The molecule has 0 saturated heterocycles. The zero-order chi connectivity index (χ0) is 17.6. The molecule has 0 aliphatic heterocycles. The van der Waals surface area contributed by atoms with Crippen molar-refractivity contribution in [3.8, 4) is 11.8 Å². The molecular weight excluding hydrogens is 406 g/mol. The van der Waals surface area contributed by atoms with Gasteiger partial charge in [-0.15, -0.1) is 0 Å². The van der Waals surface area contributed by atoms with Crippen LogP contribution in [0.15, 0.2) is 70.2 Å². The quantitative estimate of drug-likeness (QED) is 0.617. The van der Waals surface area contributed by atoms with Crippen LogP contribution in [0.2, 0.25) is 0 Å². The second kappa shape index (κ2) is 8.19. The highest BCUT2D eigenvalue weighted by molar-refractivity contribution is 9.10. The van der Waals surface area contributed by atoms with Gasteiger partial charge in [0.05, 0.1) is 0 Å². The van der Waals surface area contributed by atoms with Gasteiger partial charge in [0.2, 0.25) is 0 Å². The summed E-state index contributed by atoms with van der Waals surface area (Å²) in [4.78, 5) is 8.88. The van der Waals surface area contributed by atoms with Crippen LogP contribution in [0.1, 0.15) is 5.56 Å². The number of anilines is 1. The van der Waals surface area contributed by atoms with Crippen LogP contribution >= 0.6 is 15.9 Å². The van der Waals surface area contributed by atoms with Gasteiger partial charge in [-0.2, -0.15) is 9.19 Å². The number of aromatic nitrogens is 2. The van der Waals surface area contributed by atoms with Crippen molar-refractivity contribution in [3.05, 3.63) is 70.8 Å². The van der Waals surface area contributed by atoms with Gasteiger partial charge < -0.3 is 14.6 Å². The molecule has 1 unspecified atom stereocenters. The van der Waals surface area contributed by atoms with E-state index in [0.717, 1.165) is 10.0 Å². The number of hydrogen-bond donors (Lipinski definition) is 1. The van der Waals surface area contributed by atoms with E-state index in [-0.39, 0.29) is 6.01 Å². The molecule has 3 N–H and O–H groups in total. The first-order chi connectivity index (χ1) is 12.1. The standard InChI is InChI=1S/C17H14BrN3O3S/c18-13-5-7-14(8-6-13)24-17-19-10-9-16(21-17)20-11-12-3-1-2-4-15(12)25(22)23/h1-10H,11H2,(H,22,23)(H,19,20,21)/p+1. The Morgan fingerprint density at radius 3 is 2.64 bits per heavy atom. The Labute approximate surface area is 155 Å². The fourth-order valence-electron chi connectivity index (χ4n) is 2.11. The maximum atomic E-state index is 11.5. The summed E-state index contributed by atoms with van der Waals surface area (Å²) in [5.41, 5.74) is 0.782. The van der Waals surface area contributed by atoms with Gasteiger partial charge in [-0.1, -0.05) is 34.1 Å². The van der Waals surface area contributed by atoms with Crippen molar-refractivity contribution >= 4 is 32.8 Å². The predicted octanol–water partition coefficient (Wildman–Crippen LogP) is 3.39. The first-order valence-corrected chi connectivity index (χ1v) is 9.27. The zero-order valence-corrected chi connectivity index (χ0v) is 15.4. The second-order valence-corrected chi connectivity index (χ2v) is 6.90. The van der Waals surface area contributed by atoms with Gasteiger partial charge in [-0.3, -0.25) is 0 Å². The lowest BCUT2D eigenvalue weighted by Crippen LogP contribution is -2.05. The minimum Gasteiger partial charge on any atom is -0.424 e. The predicted molar refractivity (Wildman–Crippen MR) is 100 cm³/mol. The van der Waals surface area contributed by atoms with Crippen molar-refractivity contribution in [1.29, 1.82) is 0 Å². The molecular formula is C17H15BrN3O3S+. The number of nitrogens with zero attached hydrogens (tertiary/aromatic N) is 2. The highest BCUT2D eigenvalue weighted by atomic mass is 79.9. The van der Waals surface area contributed by atoms with Gasteiger partial charge in [-0.25, -0.2) is 4.98 Å². The Bertz CT molecular complexity index is 890. The van der Waals surface area contributed by atoms with E-state index in [2.05, 4.69) is 31.2 Å². The molecule has 3 aromatic rings. The van der Waals surface area contributed by atoms with Crippen LogP contribution in [0.3, 0.4) is 0 Å². The lowest BCUT2D eigenvalue weighted by molar-refractivity contribution is 0.442. The molecule has 25 heavy (non-hydrogen) atoms. The van der Waals surface area contributed by atoms with Gasteiger partial charge in [0.1, 0.15) is 16.5 Å². The van der Waals surface area contributed by atoms with Crippen molar-refractivity contribution in [2.45, 2.75) is 11.4 Å². The third kappa shape index (κ3) is 4.85. The molecule has 0 amide bonds. The largest absolute Gasteiger partial charge is 0.424 e. The van der Waals surface area contributed by atoms with Crippen LogP contribution in [-0.2, 0) is 17.6 Å². The molecule has 0 bridgehead atoms. The van der Waals surface area contributed by atoms with E-state index in [1.54, 1.807) is 24.4 Å². The molecule has 3 rings (SSSR count). The fraction of sp³-hybridized carbons (Fsp3) is 0.0588. The zero-order valence-electron chi connectivity index (χ0n) is 13.0. The SMILES string of the molecule is O=S([OH2+])c1ccccc1CNc1ccnc(Oc2ccc(Br)cc2)n1. The minimum absolute atomic E-state index is 0.227. The normalized spacial score (nSPS) is 11.8. The van der Waals surface area contributed by atoms with Crippen molar-refractivity contribution in [2.75, 3.05) is 5.32 Å². The van der Waals surface area contributed by atoms with Gasteiger partial charge in [0, 0.05) is 17.2 Å². The summed E-state index contributed by atoms with van der Waals surface area (Å²) in [7, 11) is 0. The van der Waals surface area contributed by atoms with E-state index in [1.807, 2.05) is 36.4 Å². The summed E-state index contributed by atoms with van der Waals surface area (Å²) in [6.45, 7) is 0.398. The number of nitrogens with one attached hydrogen (secondary N) is 1. The van der Waals surface area contributed by atoms with E-state index in [1.165, 1.54) is 0 Å². The van der Waals surface area contributed by atoms with E-state index >= 15 is 0 Å². The second-order valence-electron chi connectivity index (χ2n) is 5.01. The molecule has 2 aromatic carbocycles. The molecule has 6 nitrogen and oxygen atoms in total. The summed E-state index contributed by atoms with van der Waals surface area (Å²) in [5.74, 6) is 1.21. The average Bonchev–Trinajstić information content (AvgIpc) is 2.62. The van der Waals surface area contributed by atoms with Crippen LogP contribution in [0, 0.1) is 0 Å². The molecule has 0 aliphatic rings. The lowest BCUT2D eigenvalue weighted by Gasteiger charge is -2.09. The minimum atomic E-state index is -1.78. The number of hydrogen-bond acceptors (Lipinski definition) is 5. The molecule has 0 fully saturated rings. The van der Waals surface area contributed by atoms with E-state index in [4.69, 9.17) is 9.29 Å². The van der Waals surface area contributed by atoms with E-state index in [9.17, 15) is 4.21 Å². The molecule has 0 saturated carbocycles. The Kier molecular flexibility index (Phi) is 5.75. The first-order valence-electron chi connectivity index (χ1n) is 7.33. The number of rotatable bonds is 6. The van der Waals surface area contributed by atoms with Crippen LogP contribution in [0.4, 0.5) is 5.82 Å². The topological polar surface area (TPSA) is 87.0 Å². The maximum Gasteiger partial charge on any atom is 0.336 e. The van der Waals surface area contributed by atoms with Crippen LogP contribution in [0.5, 0.6) is 11.8 Å². The molecule has 0 spiro atoms. The Hall–Kier alpha value is -2.29. The first kappa shape index (κ1) is 17.5. The number of halogens is 1. The van der Waals surface area contributed by atoms with Crippen LogP contribution in [0.25, 0.3) is 0 Å². The van der Waals surface area contributed by atoms with Crippen molar-refractivity contribution in [3.63, 3.8) is 0 Å². The monoisotopic (exact) mass is 420 g/mol. The van der Waals surface area contributed by atoms with Gasteiger partial charge in [0.25, 0.3) is 0 Å².